The van der Waals surface area contributed by atoms with Crippen molar-refractivity contribution in [2.24, 2.45) is 0 Å². The number of nitrogens with one attached hydrogen (secondary N) is 2. The van der Waals surface area contributed by atoms with Crippen molar-refractivity contribution < 1.29 is 4.79 Å². The first-order valence-corrected chi connectivity index (χ1v) is 8.95. The van der Waals surface area contributed by atoms with Crippen LogP contribution in [0.4, 0.5) is 0 Å². The maximum absolute atomic E-state index is 12.6. The monoisotopic (exact) mass is 376 g/mol. The zero-order chi connectivity index (χ0) is 19.7. The lowest BCUT2D eigenvalue weighted by atomic mass is 10.2. The van der Waals surface area contributed by atoms with Crippen LogP contribution in [0.3, 0.4) is 0 Å². The number of H-pyrrole nitrogens is 1. The second kappa shape index (κ2) is 7.15. The molecule has 142 valence electrons. The minimum Gasteiger partial charge on any atom is -0.347 e. The second-order valence-electron chi connectivity index (χ2n) is 6.64. The molecular formula is C20H20N6O2. The fourth-order valence-corrected chi connectivity index (χ4v) is 3.06. The Morgan fingerprint density at radius 3 is 2.71 bits per heavy atom. The van der Waals surface area contributed by atoms with Crippen molar-refractivity contribution >= 4 is 16.9 Å². The molecular weight excluding hydrogens is 356 g/mol. The summed E-state index contributed by atoms with van der Waals surface area (Å²) in [4.78, 5) is 32.6. The molecule has 8 nitrogen and oxygen atoms in total. The van der Waals surface area contributed by atoms with Crippen LogP contribution in [0.25, 0.3) is 16.7 Å². The summed E-state index contributed by atoms with van der Waals surface area (Å²) in [6.45, 7) is 3.87. The van der Waals surface area contributed by atoms with E-state index in [1.807, 2.05) is 43.3 Å². The summed E-state index contributed by atoms with van der Waals surface area (Å²) < 4.78 is 2.65. The molecule has 4 rings (SSSR count). The minimum atomic E-state index is -0.349. The fraction of sp³-hybridized carbons (Fsp3) is 0.200. The number of aromatic nitrogens is 5. The predicted octanol–water partition coefficient (Wildman–Crippen LogP) is 1.84. The number of benzene rings is 2. The van der Waals surface area contributed by atoms with Crippen molar-refractivity contribution in [2.45, 2.75) is 26.9 Å². The van der Waals surface area contributed by atoms with Gasteiger partial charge < -0.3 is 10.3 Å². The highest BCUT2D eigenvalue weighted by molar-refractivity contribution is 5.77. The van der Waals surface area contributed by atoms with Gasteiger partial charge in [0.1, 0.15) is 18.2 Å². The number of hydrogen-bond acceptors (Lipinski definition) is 4. The standard InChI is InChI=1S/C20H20N6O2/c1-13-8-9-16-17(10-13)23-18(22-16)11-21-19(27)12-25-14(2)24-26(20(25)28)15-6-4-3-5-7-15/h3-10H,11-12H2,1-2H3,(H,21,27)(H,22,23). The van der Waals surface area contributed by atoms with Crippen molar-refractivity contribution in [1.29, 1.82) is 0 Å². The molecule has 8 heteroatoms. The number of amides is 1. The Morgan fingerprint density at radius 2 is 1.93 bits per heavy atom. The molecule has 2 N–H and O–H groups in total. The third kappa shape index (κ3) is 3.44. The number of rotatable bonds is 5. The summed E-state index contributed by atoms with van der Waals surface area (Å²) in [6.07, 6.45) is 0. The van der Waals surface area contributed by atoms with E-state index in [2.05, 4.69) is 20.4 Å². The van der Waals surface area contributed by atoms with Gasteiger partial charge in [0, 0.05) is 0 Å². The summed E-state index contributed by atoms with van der Waals surface area (Å²) in [5.41, 5.74) is 3.23. The number of imidazole rings is 1. The highest BCUT2D eigenvalue weighted by atomic mass is 16.2. The van der Waals surface area contributed by atoms with Crippen molar-refractivity contribution in [3.63, 3.8) is 0 Å². The molecule has 28 heavy (non-hydrogen) atoms. The van der Waals surface area contributed by atoms with Gasteiger partial charge >= 0.3 is 5.69 Å². The Balaban J connectivity index is 1.46. The SMILES string of the molecule is Cc1ccc2nc(CNC(=O)Cn3c(C)nn(-c4ccccc4)c3=O)[nH]c2c1. The molecule has 2 heterocycles. The molecule has 1 amide bonds. The van der Waals surface area contributed by atoms with E-state index in [9.17, 15) is 9.59 Å². The zero-order valence-electron chi connectivity index (χ0n) is 15.6. The molecule has 0 aliphatic carbocycles. The third-order valence-electron chi connectivity index (χ3n) is 4.49. The Kier molecular flexibility index (Phi) is 4.52. The van der Waals surface area contributed by atoms with Gasteiger partial charge in [-0.1, -0.05) is 24.3 Å². The number of para-hydroxylation sites is 1. The average Bonchev–Trinajstić information content (AvgIpc) is 3.22. The molecule has 0 spiro atoms. The number of hydrogen-bond donors (Lipinski definition) is 2. The Hall–Kier alpha value is -3.68. The molecule has 4 aromatic rings. The fourth-order valence-electron chi connectivity index (χ4n) is 3.06. The molecule has 0 atom stereocenters. The van der Waals surface area contributed by atoms with Crippen LogP contribution in [-0.4, -0.2) is 30.2 Å². The van der Waals surface area contributed by atoms with Crippen LogP contribution in [0.5, 0.6) is 0 Å². The highest BCUT2D eigenvalue weighted by Gasteiger charge is 2.14. The Bertz CT molecular complexity index is 1200. The number of aryl methyl sites for hydroxylation is 2. The maximum atomic E-state index is 12.6. The van der Waals surface area contributed by atoms with Crippen molar-refractivity contribution in [1.82, 2.24) is 29.6 Å². The first-order valence-electron chi connectivity index (χ1n) is 8.95. The van der Waals surface area contributed by atoms with Crippen LogP contribution in [0.1, 0.15) is 17.2 Å². The van der Waals surface area contributed by atoms with Gasteiger partial charge in [-0.15, -0.1) is 0 Å². The van der Waals surface area contributed by atoms with Gasteiger partial charge in [0.25, 0.3) is 0 Å². The molecule has 0 aliphatic rings. The summed E-state index contributed by atoms with van der Waals surface area (Å²) in [5, 5.41) is 7.05. The number of carbonyl (C=O) groups is 1. The van der Waals surface area contributed by atoms with Gasteiger partial charge in [0.15, 0.2) is 0 Å². The lowest BCUT2D eigenvalue weighted by molar-refractivity contribution is -0.121. The van der Waals surface area contributed by atoms with E-state index in [0.29, 0.717) is 17.3 Å². The predicted molar refractivity (Wildman–Crippen MR) is 105 cm³/mol. The van der Waals surface area contributed by atoms with Crippen LogP contribution in [-0.2, 0) is 17.9 Å². The number of nitrogens with zero attached hydrogens (tertiary/aromatic N) is 4. The molecule has 0 saturated carbocycles. The van der Waals surface area contributed by atoms with Crippen LogP contribution in [0.15, 0.2) is 53.3 Å². The normalized spacial score (nSPS) is 11.1. The smallest absolute Gasteiger partial charge is 0.347 e. The molecule has 0 fully saturated rings. The van der Waals surface area contributed by atoms with Crippen LogP contribution in [0.2, 0.25) is 0 Å². The molecule has 2 aromatic carbocycles. The van der Waals surface area contributed by atoms with Crippen molar-refractivity contribution in [3.8, 4) is 5.69 Å². The van der Waals surface area contributed by atoms with Gasteiger partial charge in [-0.05, 0) is 43.7 Å². The van der Waals surface area contributed by atoms with Crippen molar-refractivity contribution in [2.75, 3.05) is 0 Å². The molecule has 0 bridgehead atoms. The van der Waals surface area contributed by atoms with E-state index >= 15 is 0 Å². The first kappa shape index (κ1) is 17.7. The average molecular weight is 376 g/mol. The minimum absolute atomic E-state index is 0.100. The second-order valence-corrected chi connectivity index (χ2v) is 6.64. The summed E-state index contributed by atoms with van der Waals surface area (Å²) >= 11 is 0. The molecule has 0 aliphatic heterocycles. The number of fused-ring (bicyclic) bond motifs is 1. The Labute approximate surface area is 160 Å². The van der Waals surface area contributed by atoms with Gasteiger partial charge in [-0.3, -0.25) is 9.36 Å². The van der Waals surface area contributed by atoms with E-state index in [0.717, 1.165) is 16.6 Å². The highest BCUT2D eigenvalue weighted by Crippen LogP contribution is 2.13. The van der Waals surface area contributed by atoms with E-state index in [-0.39, 0.29) is 24.7 Å². The number of carbonyl (C=O) groups excluding carboxylic acids is 1. The maximum Gasteiger partial charge on any atom is 0.351 e. The van der Waals surface area contributed by atoms with Crippen molar-refractivity contribution in [3.05, 3.63) is 76.2 Å². The van der Waals surface area contributed by atoms with Crippen LogP contribution in [0, 0.1) is 13.8 Å². The van der Waals surface area contributed by atoms with Gasteiger partial charge in [0.05, 0.1) is 23.3 Å². The van der Waals surface area contributed by atoms with E-state index < -0.39 is 0 Å². The summed E-state index contributed by atoms with van der Waals surface area (Å²) in [6, 6.07) is 15.1. The van der Waals surface area contributed by atoms with Crippen LogP contribution < -0.4 is 11.0 Å². The molecule has 2 aromatic heterocycles. The lowest BCUT2D eigenvalue weighted by Crippen LogP contribution is -2.33. The van der Waals surface area contributed by atoms with E-state index in [1.54, 1.807) is 19.1 Å². The quantitative estimate of drug-likeness (QED) is 0.555. The first-order chi connectivity index (χ1) is 13.5. The summed E-state index contributed by atoms with van der Waals surface area (Å²) in [7, 11) is 0. The lowest BCUT2D eigenvalue weighted by Gasteiger charge is -2.04. The molecule has 0 radical (unpaired) electrons. The number of aromatic amines is 1. The zero-order valence-corrected chi connectivity index (χ0v) is 15.6. The topological polar surface area (TPSA) is 97.6 Å². The Morgan fingerprint density at radius 1 is 1.14 bits per heavy atom. The van der Waals surface area contributed by atoms with Gasteiger partial charge in [-0.25, -0.2) is 9.78 Å². The molecule has 0 saturated heterocycles. The van der Waals surface area contributed by atoms with Crippen LogP contribution >= 0.6 is 0 Å². The largest absolute Gasteiger partial charge is 0.351 e. The van der Waals surface area contributed by atoms with E-state index in [4.69, 9.17) is 0 Å². The molecule has 0 unspecified atom stereocenters. The van der Waals surface area contributed by atoms with E-state index in [1.165, 1.54) is 9.25 Å². The van der Waals surface area contributed by atoms with Gasteiger partial charge in [0.2, 0.25) is 5.91 Å². The van der Waals surface area contributed by atoms with Gasteiger partial charge in [-0.2, -0.15) is 9.78 Å². The third-order valence-corrected chi connectivity index (χ3v) is 4.49. The summed E-state index contributed by atoms with van der Waals surface area (Å²) in [5.74, 6) is 0.857.